The van der Waals surface area contributed by atoms with Crippen LogP contribution in [-0.2, 0) is 19.4 Å². The first-order chi connectivity index (χ1) is 9.36. The second-order valence-corrected chi connectivity index (χ2v) is 6.13. The summed E-state index contributed by atoms with van der Waals surface area (Å²) in [6, 6.07) is 6.21. The molecule has 110 valence electrons. The fourth-order valence-electron chi connectivity index (χ4n) is 1.42. The highest BCUT2D eigenvalue weighted by Gasteiger charge is 2.21. The number of benzene rings is 1. The second-order valence-electron chi connectivity index (χ2n) is 4.02. The molecule has 0 aromatic heterocycles. The summed E-state index contributed by atoms with van der Waals surface area (Å²) in [5, 5.41) is 19.4. The molecule has 1 aromatic carbocycles. The van der Waals surface area contributed by atoms with Crippen LogP contribution in [0.5, 0.6) is 0 Å². The van der Waals surface area contributed by atoms with Crippen molar-refractivity contribution < 1.29 is 28.2 Å². The molecule has 20 heavy (non-hydrogen) atoms. The van der Waals surface area contributed by atoms with Gasteiger partial charge in [0.05, 0.1) is 17.3 Å². The monoisotopic (exact) mass is 301 g/mol. The first-order valence-corrected chi connectivity index (χ1v) is 7.43. The molecule has 0 heterocycles. The number of aliphatic hydroxyl groups is 1. The molecule has 0 spiro atoms. The molecule has 1 aromatic rings. The predicted octanol–water partition coefficient (Wildman–Crippen LogP) is -0.588. The van der Waals surface area contributed by atoms with Crippen LogP contribution >= 0.6 is 0 Å². The van der Waals surface area contributed by atoms with Crippen molar-refractivity contribution in [3.63, 3.8) is 0 Å². The molecule has 0 fully saturated rings. The van der Waals surface area contributed by atoms with Crippen molar-refractivity contribution in [2.75, 3.05) is 12.4 Å². The van der Waals surface area contributed by atoms with Gasteiger partial charge >= 0.3 is 5.97 Å². The van der Waals surface area contributed by atoms with E-state index in [-0.39, 0.29) is 11.3 Å². The maximum absolute atomic E-state index is 11.9. The standard InChI is InChI=1S/C12H15NO6S/c14-8-10(12(16)17)13-11(15)6-7-20(18,19)9-4-2-1-3-5-9/h1-5,10,14H,6-8H2,(H,13,15)(H,16,17). The van der Waals surface area contributed by atoms with Gasteiger partial charge in [0.25, 0.3) is 0 Å². The van der Waals surface area contributed by atoms with Crippen LogP contribution in [0.4, 0.5) is 0 Å². The van der Waals surface area contributed by atoms with Crippen molar-refractivity contribution in [1.29, 1.82) is 0 Å². The number of carbonyl (C=O) groups excluding carboxylic acids is 1. The number of hydrogen-bond donors (Lipinski definition) is 3. The Morgan fingerprint density at radius 2 is 1.80 bits per heavy atom. The lowest BCUT2D eigenvalue weighted by Crippen LogP contribution is -2.43. The van der Waals surface area contributed by atoms with Crippen LogP contribution in [-0.4, -0.2) is 48.9 Å². The van der Waals surface area contributed by atoms with Crippen LogP contribution in [0.25, 0.3) is 0 Å². The summed E-state index contributed by atoms with van der Waals surface area (Å²) in [7, 11) is -3.59. The van der Waals surface area contributed by atoms with Gasteiger partial charge < -0.3 is 15.5 Å². The smallest absolute Gasteiger partial charge is 0.328 e. The number of hydrogen-bond acceptors (Lipinski definition) is 5. The largest absolute Gasteiger partial charge is 0.480 e. The molecule has 0 aliphatic carbocycles. The van der Waals surface area contributed by atoms with E-state index in [1.807, 2.05) is 5.32 Å². The Morgan fingerprint density at radius 3 is 2.30 bits per heavy atom. The highest BCUT2D eigenvalue weighted by atomic mass is 32.2. The Kier molecular flexibility index (Phi) is 5.66. The van der Waals surface area contributed by atoms with E-state index in [9.17, 15) is 18.0 Å². The van der Waals surface area contributed by atoms with E-state index in [0.29, 0.717) is 0 Å². The lowest BCUT2D eigenvalue weighted by atomic mass is 10.3. The van der Waals surface area contributed by atoms with Crippen LogP contribution in [0, 0.1) is 0 Å². The van der Waals surface area contributed by atoms with E-state index < -0.39 is 40.1 Å². The van der Waals surface area contributed by atoms with Crippen LogP contribution in [0.15, 0.2) is 35.2 Å². The molecule has 0 saturated heterocycles. The highest BCUT2D eigenvalue weighted by Crippen LogP contribution is 2.10. The van der Waals surface area contributed by atoms with Crippen molar-refractivity contribution in [2.24, 2.45) is 0 Å². The number of amides is 1. The number of aliphatic carboxylic acids is 1. The van der Waals surface area contributed by atoms with Crippen molar-refractivity contribution in [2.45, 2.75) is 17.4 Å². The minimum absolute atomic E-state index is 0.102. The molecule has 0 bridgehead atoms. The molecule has 1 atom stereocenters. The molecule has 1 unspecified atom stereocenters. The number of rotatable bonds is 7. The Hall–Kier alpha value is -1.93. The topological polar surface area (TPSA) is 121 Å². The van der Waals surface area contributed by atoms with Gasteiger partial charge in [-0.2, -0.15) is 0 Å². The number of nitrogens with one attached hydrogen (secondary N) is 1. The summed E-state index contributed by atoms with van der Waals surface area (Å²) >= 11 is 0. The number of carbonyl (C=O) groups is 2. The highest BCUT2D eigenvalue weighted by molar-refractivity contribution is 7.91. The molecule has 3 N–H and O–H groups in total. The molecule has 1 amide bonds. The summed E-state index contributed by atoms with van der Waals surface area (Å²) in [6.07, 6.45) is -0.374. The third kappa shape index (κ3) is 4.63. The zero-order valence-corrected chi connectivity index (χ0v) is 11.3. The van der Waals surface area contributed by atoms with Crippen LogP contribution in [0.3, 0.4) is 0 Å². The number of aliphatic hydroxyl groups excluding tert-OH is 1. The summed E-state index contributed by atoms with van der Waals surface area (Å²) in [4.78, 5) is 22.1. The summed E-state index contributed by atoms with van der Waals surface area (Å²) in [6.45, 7) is -0.757. The van der Waals surface area contributed by atoms with Crippen molar-refractivity contribution in [3.8, 4) is 0 Å². The minimum Gasteiger partial charge on any atom is -0.480 e. The maximum Gasteiger partial charge on any atom is 0.328 e. The molecule has 0 aliphatic rings. The van der Waals surface area contributed by atoms with E-state index in [1.54, 1.807) is 18.2 Å². The number of carboxylic acids is 1. The van der Waals surface area contributed by atoms with Gasteiger partial charge in [0, 0.05) is 6.42 Å². The average molecular weight is 301 g/mol. The zero-order valence-electron chi connectivity index (χ0n) is 10.5. The van der Waals surface area contributed by atoms with E-state index >= 15 is 0 Å². The van der Waals surface area contributed by atoms with Gasteiger partial charge in [0.15, 0.2) is 9.84 Å². The predicted molar refractivity (Wildman–Crippen MR) is 69.8 cm³/mol. The molecule has 0 saturated carbocycles. The quantitative estimate of drug-likeness (QED) is 0.619. The molecular formula is C12H15NO6S. The zero-order chi connectivity index (χ0) is 15.2. The molecule has 1 rings (SSSR count). The summed E-state index contributed by atoms with van der Waals surface area (Å²) in [5.74, 6) is -2.56. The van der Waals surface area contributed by atoms with Crippen LogP contribution < -0.4 is 5.32 Å². The third-order valence-electron chi connectivity index (χ3n) is 2.52. The fraction of sp³-hybridized carbons (Fsp3) is 0.333. The third-order valence-corrected chi connectivity index (χ3v) is 4.25. The Morgan fingerprint density at radius 1 is 1.20 bits per heavy atom. The van der Waals surface area contributed by atoms with Crippen LogP contribution in [0.2, 0.25) is 0 Å². The molecule has 7 nitrogen and oxygen atoms in total. The summed E-state index contributed by atoms with van der Waals surface area (Å²) < 4.78 is 23.8. The Labute approximate surface area is 116 Å². The first-order valence-electron chi connectivity index (χ1n) is 5.77. The summed E-state index contributed by atoms with van der Waals surface area (Å²) in [5.41, 5.74) is 0. The normalized spacial score (nSPS) is 12.7. The first kappa shape index (κ1) is 16.1. The Balaban J connectivity index is 2.59. The Bertz CT molecular complexity index is 569. The van der Waals surface area contributed by atoms with Gasteiger partial charge in [-0.05, 0) is 12.1 Å². The van der Waals surface area contributed by atoms with Gasteiger partial charge in [0.2, 0.25) is 5.91 Å². The van der Waals surface area contributed by atoms with Gasteiger partial charge in [-0.3, -0.25) is 4.79 Å². The lowest BCUT2D eigenvalue weighted by Gasteiger charge is -2.11. The van der Waals surface area contributed by atoms with Crippen molar-refractivity contribution in [1.82, 2.24) is 5.32 Å². The van der Waals surface area contributed by atoms with E-state index in [0.717, 1.165) is 0 Å². The number of carboxylic acid groups (broad SMARTS) is 1. The van der Waals surface area contributed by atoms with E-state index in [2.05, 4.69) is 0 Å². The SMILES string of the molecule is O=C(CCS(=O)(=O)c1ccccc1)NC(CO)C(=O)O. The fourth-order valence-corrected chi connectivity index (χ4v) is 2.69. The molecular weight excluding hydrogens is 286 g/mol. The van der Waals surface area contributed by atoms with Gasteiger partial charge in [0.1, 0.15) is 6.04 Å². The molecule has 0 aliphatic heterocycles. The minimum atomic E-state index is -3.59. The van der Waals surface area contributed by atoms with Crippen molar-refractivity contribution >= 4 is 21.7 Å². The average Bonchev–Trinajstić information content (AvgIpc) is 2.43. The van der Waals surface area contributed by atoms with Crippen LogP contribution in [0.1, 0.15) is 6.42 Å². The maximum atomic E-state index is 11.9. The van der Waals surface area contributed by atoms with E-state index in [1.165, 1.54) is 12.1 Å². The second kappa shape index (κ2) is 7.01. The van der Waals surface area contributed by atoms with Crippen molar-refractivity contribution in [3.05, 3.63) is 30.3 Å². The van der Waals surface area contributed by atoms with E-state index in [4.69, 9.17) is 10.2 Å². The van der Waals surface area contributed by atoms with Gasteiger partial charge in [-0.15, -0.1) is 0 Å². The van der Waals surface area contributed by atoms with Gasteiger partial charge in [-0.1, -0.05) is 18.2 Å². The van der Waals surface area contributed by atoms with Gasteiger partial charge in [-0.25, -0.2) is 13.2 Å². The molecule has 0 radical (unpaired) electrons. The molecule has 8 heteroatoms. The lowest BCUT2D eigenvalue weighted by molar-refractivity contribution is -0.142. The number of sulfone groups is 1.